The number of benzene rings is 1. The Morgan fingerprint density at radius 3 is 2.78 bits per heavy atom. The van der Waals surface area contributed by atoms with Crippen molar-refractivity contribution in [2.75, 3.05) is 25.9 Å². The number of hydrogen-bond donors (Lipinski definition) is 1. The SMILES string of the molecule is CS(=O)(=O)O.Fc1ccc2c(c1)CCCC2CN1CCC(c2cccs2)C1. The lowest BCUT2D eigenvalue weighted by Crippen LogP contribution is -2.28. The second kappa shape index (κ2) is 8.82. The molecule has 7 heteroatoms. The molecule has 4 nitrogen and oxygen atoms in total. The standard InChI is InChI=1S/C19H22FNS.CH4O3S/c20-17-6-7-18-14(11-17)3-1-4-15(18)12-21-9-8-16(13-21)19-5-2-10-22-19;1-5(2,3)4/h2,5-7,10-11,15-16H,1,3-4,8-9,12-13H2;1H3,(H,2,3,4). The molecule has 2 unspecified atom stereocenters. The van der Waals surface area contributed by atoms with Crippen molar-refractivity contribution in [3.8, 4) is 0 Å². The number of aryl methyl sites for hydroxylation is 1. The Labute approximate surface area is 164 Å². The van der Waals surface area contributed by atoms with E-state index in [0.717, 1.165) is 18.9 Å². The molecule has 1 saturated heterocycles. The molecule has 0 saturated carbocycles. The van der Waals surface area contributed by atoms with Crippen LogP contribution in [0.15, 0.2) is 35.7 Å². The minimum absolute atomic E-state index is 0.0849. The van der Waals surface area contributed by atoms with E-state index in [2.05, 4.69) is 22.4 Å². The second-order valence-corrected chi connectivity index (χ2v) is 9.87. The molecule has 2 atom stereocenters. The summed E-state index contributed by atoms with van der Waals surface area (Å²) in [6, 6.07) is 9.85. The number of hydrogen-bond acceptors (Lipinski definition) is 4. The maximum Gasteiger partial charge on any atom is 0.261 e. The first-order valence-electron chi connectivity index (χ1n) is 9.26. The summed E-state index contributed by atoms with van der Waals surface area (Å²) in [4.78, 5) is 4.15. The molecule has 0 spiro atoms. The molecule has 1 fully saturated rings. The van der Waals surface area contributed by atoms with Crippen LogP contribution in [-0.4, -0.2) is 43.8 Å². The van der Waals surface area contributed by atoms with Gasteiger partial charge >= 0.3 is 0 Å². The number of rotatable bonds is 3. The van der Waals surface area contributed by atoms with Gasteiger partial charge in [-0.1, -0.05) is 12.1 Å². The largest absolute Gasteiger partial charge is 0.302 e. The average molecular weight is 412 g/mol. The van der Waals surface area contributed by atoms with Crippen LogP contribution >= 0.6 is 11.3 Å². The zero-order valence-electron chi connectivity index (χ0n) is 15.5. The molecule has 1 aliphatic heterocycles. The van der Waals surface area contributed by atoms with Crippen LogP contribution in [0.3, 0.4) is 0 Å². The van der Waals surface area contributed by atoms with E-state index >= 15 is 0 Å². The Hall–Kier alpha value is -1.28. The van der Waals surface area contributed by atoms with Gasteiger partial charge in [0.2, 0.25) is 0 Å². The van der Waals surface area contributed by atoms with Crippen molar-refractivity contribution < 1.29 is 17.4 Å². The first-order valence-corrected chi connectivity index (χ1v) is 12.0. The van der Waals surface area contributed by atoms with Crippen molar-refractivity contribution in [1.82, 2.24) is 4.90 Å². The van der Waals surface area contributed by atoms with E-state index in [4.69, 9.17) is 4.55 Å². The van der Waals surface area contributed by atoms with Gasteiger partial charge in [-0.15, -0.1) is 11.3 Å². The molecule has 4 rings (SSSR count). The number of fused-ring (bicyclic) bond motifs is 1. The summed E-state index contributed by atoms with van der Waals surface area (Å²) in [6.45, 7) is 3.53. The number of likely N-dealkylation sites (tertiary alicyclic amines) is 1. The van der Waals surface area contributed by atoms with Gasteiger partial charge in [0, 0.05) is 23.9 Å². The van der Waals surface area contributed by atoms with Gasteiger partial charge in [0.05, 0.1) is 6.26 Å². The Balaban J connectivity index is 0.000000376. The summed E-state index contributed by atoms with van der Waals surface area (Å²) in [5, 5.41) is 2.18. The summed E-state index contributed by atoms with van der Waals surface area (Å²) in [7, 11) is -3.67. The van der Waals surface area contributed by atoms with Crippen molar-refractivity contribution >= 4 is 21.5 Å². The van der Waals surface area contributed by atoms with Gasteiger partial charge in [0.15, 0.2) is 0 Å². The topological polar surface area (TPSA) is 57.6 Å². The monoisotopic (exact) mass is 411 g/mol. The molecule has 0 amide bonds. The third-order valence-corrected chi connectivity index (χ3v) is 6.27. The highest BCUT2D eigenvalue weighted by Crippen LogP contribution is 2.36. The molecular formula is C20H26FNO3S2. The molecule has 0 bridgehead atoms. The van der Waals surface area contributed by atoms with Crippen LogP contribution in [0.2, 0.25) is 0 Å². The molecule has 1 aromatic carbocycles. The van der Waals surface area contributed by atoms with Gasteiger partial charge in [-0.2, -0.15) is 8.42 Å². The fraction of sp³-hybridized carbons (Fsp3) is 0.500. The van der Waals surface area contributed by atoms with E-state index in [1.807, 2.05) is 17.4 Å². The highest BCUT2D eigenvalue weighted by atomic mass is 32.2. The summed E-state index contributed by atoms with van der Waals surface area (Å²) in [5.41, 5.74) is 2.64. The van der Waals surface area contributed by atoms with Crippen LogP contribution in [-0.2, 0) is 16.5 Å². The molecule has 2 heterocycles. The van der Waals surface area contributed by atoms with Gasteiger partial charge < -0.3 is 4.90 Å². The van der Waals surface area contributed by atoms with Gasteiger partial charge in [0.25, 0.3) is 10.1 Å². The quantitative estimate of drug-likeness (QED) is 0.765. The molecular weight excluding hydrogens is 385 g/mol. The molecule has 1 N–H and O–H groups in total. The fourth-order valence-corrected chi connectivity index (χ4v) is 5.00. The lowest BCUT2D eigenvalue weighted by molar-refractivity contribution is 0.297. The minimum atomic E-state index is -3.67. The van der Waals surface area contributed by atoms with Crippen molar-refractivity contribution in [2.24, 2.45) is 0 Å². The lowest BCUT2D eigenvalue weighted by atomic mass is 9.82. The Morgan fingerprint density at radius 1 is 1.30 bits per heavy atom. The minimum Gasteiger partial charge on any atom is -0.302 e. The zero-order chi connectivity index (χ0) is 19.4. The first kappa shape index (κ1) is 20.5. The first-order chi connectivity index (χ1) is 12.8. The van der Waals surface area contributed by atoms with E-state index in [9.17, 15) is 12.8 Å². The van der Waals surface area contributed by atoms with Crippen LogP contribution in [0, 0.1) is 5.82 Å². The molecule has 1 aliphatic carbocycles. The number of nitrogens with zero attached hydrogens (tertiary/aromatic N) is 1. The maximum atomic E-state index is 13.4. The highest BCUT2D eigenvalue weighted by Gasteiger charge is 2.28. The summed E-state index contributed by atoms with van der Waals surface area (Å²) in [6.07, 6.45) is 5.49. The van der Waals surface area contributed by atoms with Gasteiger partial charge in [-0.05, 0) is 72.9 Å². The van der Waals surface area contributed by atoms with E-state index < -0.39 is 10.1 Å². The molecule has 2 aromatic rings. The summed E-state index contributed by atoms with van der Waals surface area (Å²) >= 11 is 1.89. The van der Waals surface area contributed by atoms with E-state index in [1.165, 1.54) is 48.4 Å². The van der Waals surface area contributed by atoms with E-state index in [1.54, 1.807) is 12.1 Å². The Kier molecular flexibility index (Phi) is 6.68. The third-order valence-electron chi connectivity index (χ3n) is 5.24. The fourth-order valence-electron chi connectivity index (χ4n) is 4.14. The van der Waals surface area contributed by atoms with Crippen molar-refractivity contribution in [2.45, 2.75) is 37.5 Å². The predicted octanol–water partition coefficient (Wildman–Crippen LogP) is 4.30. The summed E-state index contributed by atoms with van der Waals surface area (Å²) < 4.78 is 39.3. The Morgan fingerprint density at radius 2 is 2.07 bits per heavy atom. The van der Waals surface area contributed by atoms with E-state index in [-0.39, 0.29) is 5.82 Å². The van der Waals surface area contributed by atoms with Gasteiger partial charge in [-0.3, -0.25) is 4.55 Å². The summed E-state index contributed by atoms with van der Waals surface area (Å²) in [5.74, 6) is 1.22. The van der Waals surface area contributed by atoms with Crippen LogP contribution < -0.4 is 0 Å². The van der Waals surface area contributed by atoms with E-state index in [0.29, 0.717) is 12.2 Å². The van der Waals surface area contributed by atoms with Crippen molar-refractivity contribution in [3.63, 3.8) is 0 Å². The average Bonchev–Trinajstić information content (AvgIpc) is 3.24. The van der Waals surface area contributed by atoms with Gasteiger partial charge in [0.1, 0.15) is 5.82 Å². The van der Waals surface area contributed by atoms with Crippen LogP contribution in [0.4, 0.5) is 4.39 Å². The smallest absolute Gasteiger partial charge is 0.261 e. The normalized spacial score (nSPS) is 22.8. The lowest BCUT2D eigenvalue weighted by Gasteiger charge is -2.29. The molecule has 1 aromatic heterocycles. The number of thiophene rings is 1. The molecule has 148 valence electrons. The molecule has 27 heavy (non-hydrogen) atoms. The van der Waals surface area contributed by atoms with Gasteiger partial charge in [-0.25, -0.2) is 4.39 Å². The Bertz CT molecular complexity index is 844. The maximum absolute atomic E-state index is 13.4. The van der Waals surface area contributed by atoms with Crippen LogP contribution in [0.5, 0.6) is 0 Å². The number of halogens is 1. The van der Waals surface area contributed by atoms with Crippen molar-refractivity contribution in [3.05, 3.63) is 57.5 Å². The molecule has 0 radical (unpaired) electrons. The highest BCUT2D eigenvalue weighted by molar-refractivity contribution is 7.85. The zero-order valence-corrected chi connectivity index (χ0v) is 17.1. The van der Waals surface area contributed by atoms with Crippen LogP contribution in [0.25, 0.3) is 0 Å². The van der Waals surface area contributed by atoms with Crippen molar-refractivity contribution in [1.29, 1.82) is 0 Å². The third kappa shape index (κ3) is 6.10. The second-order valence-electron chi connectivity index (χ2n) is 7.43. The predicted molar refractivity (Wildman–Crippen MR) is 108 cm³/mol. The van der Waals surface area contributed by atoms with Crippen LogP contribution in [0.1, 0.15) is 47.1 Å². The molecule has 2 aliphatic rings.